The molecule has 3 aliphatic heterocycles. The number of aliphatic hydroxyl groups is 1. The molecule has 7 aromatic carbocycles. The van der Waals surface area contributed by atoms with E-state index in [1.807, 2.05) is 207 Å². The number of aliphatic hydroxyl groups excluding tert-OH is 1. The molecule has 15 heteroatoms. The number of aliphatic carboxylic acids is 1. The van der Waals surface area contributed by atoms with Crippen molar-refractivity contribution in [2.75, 3.05) is 13.2 Å². The maximum absolute atomic E-state index is 13.8. The predicted molar refractivity (Wildman–Crippen MR) is 368 cm³/mol. The highest BCUT2D eigenvalue weighted by atomic mass is 16.6. The Hall–Kier alpha value is -6.96. The van der Waals surface area contributed by atoms with E-state index < -0.39 is 97.1 Å². The van der Waals surface area contributed by atoms with E-state index in [0.29, 0.717) is 39.1 Å². The zero-order valence-electron chi connectivity index (χ0n) is 55.8. The quantitative estimate of drug-likeness (QED) is 0.0311. The van der Waals surface area contributed by atoms with E-state index in [1.54, 1.807) is 6.92 Å². The van der Waals surface area contributed by atoms with Gasteiger partial charge in [0.05, 0.1) is 108 Å². The molecule has 0 radical (unpaired) electrons. The number of benzene rings is 7. The largest absolute Gasteiger partial charge is 0.481 e. The lowest BCUT2D eigenvalue weighted by molar-refractivity contribution is -0.279. The first kappa shape index (κ1) is 71.8. The lowest BCUT2D eigenvalue weighted by Crippen LogP contribution is -2.65. The lowest BCUT2D eigenvalue weighted by Gasteiger charge is -2.52. The summed E-state index contributed by atoms with van der Waals surface area (Å²) in [6.45, 7) is 5.81. The molecular weight excluding hydrogens is 1210 g/mol. The van der Waals surface area contributed by atoms with Crippen LogP contribution in [0.25, 0.3) is 0 Å². The van der Waals surface area contributed by atoms with Gasteiger partial charge >= 0.3 is 5.97 Å². The normalized spacial score (nSPS) is 25.8. The van der Waals surface area contributed by atoms with E-state index in [2.05, 4.69) is 17.4 Å². The second-order valence-corrected chi connectivity index (χ2v) is 26.0. The molecule has 15 nitrogen and oxygen atoms in total. The van der Waals surface area contributed by atoms with Crippen LogP contribution in [0.15, 0.2) is 212 Å². The SMILES string of the molecule is CC(=O)N[C@@H]1[C@@H](OCc2ccccc2)[C@H](C[C@@H]2O[C@H](COCc3ccccc3)[C@H](OCc3ccccc3)[C@H](O)[C@H]2C[C@@H]2O[C@@H](C)[C@@H](OCc3ccccc3)[C@@H](OCc3ccccc3)[C@@H]2OCc2ccccc2)[C@@H](COCc2ccccc2)O[C@H]1CCCCCCCCCC(=O)O. The van der Waals surface area contributed by atoms with Crippen molar-refractivity contribution < 1.29 is 67.2 Å². The van der Waals surface area contributed by atoms with Crippen LogP contribution in [0.1, 0.15) is 123 Å². The third kappa shape index (κ3) is 22.3. The van der Waals surface area contributed by atoms with E-state index in [0.717, 1.165) is 77.5 Å². The molecule has 0 unspecified atom stereocenters. The molecular formula is C81H99NO14. The van der Waals surface area contributed by atoms with Crippen LogP contribution in [-0.2, 0) is 103 Å². The van der Waals surface area contributed by atoms with Crippen molar-refractivity contribution in [3.8, 4) is 0 Å². The van der Waals surface area contributed by atoms with Gasteiger partial charge in [0.2, 0.25) is 5.91 Å². The minimum Gasteiger partial charge on any atom is -0.481 e. The van der Waals surface area contributed by atoms with Crippen molar-refractivity contribution >= 4 is 11.9 Å². The van der Waals surface area contributed by atoms with Crippen molar-refractivity contribution in [3.63, 3.8) is 0 Å². The van der Waals surface area contributed by atoms with E-state index >= 15 is 0 Å². The number of carboxylic acid groups (broad SMARTS) is 1. The number of hydrogen-bond acceptors (Lipinski definition) is 13. The zero-order valence-corrected chi connectivity index (χ0v) is 55.8. The van der Waals surface area contributed by atoms with E-state index in [4.69, 9.17) is 47.4 Å². The van der Waals surface area contributed by atoms with Gasteiger partial charge in [0, 0.05) is 25.2 Å². The van der Waals surface area contributed by atoms with Crippen LogP contribution in [0.3, 0.4) is 0 Å². The summed E-state index contributed by atoms with van der Waals surface area (Å²) in [7, 11) is 0. The second-order valence-electron chi connectivity index (χ2n) is 26.0. The number of rotatable bonds is 38. The summed E-state index contributed by atoms with van der Waals surface area (Å²) in [4.78, 5) is 25.0. The molecule has 3 aliphatic rings. The third-order valence-electron chi connectivity index (χ3n) is 18.8. The van der Waals surface area contributed by atoms with Crippen LogP contribution in [0.5, 0.6) is 0 Å². The molecule has 15 atom stereocenters. The van der Waals surface area contributed by atoms with Gasteiger partial charge in [-0.15, -0.1) is 0 Å². The zero-order chi connectivity index (χ0) is 66.5. The molecule has 3 fully saturated rings. The monoisotopic (exact) mass is 1310 g/mol. The molecule has 3 heterocycles. The fraction of sp³-hybridized carbons (Fsp3) is 0.457. The lowest BCUT2D eigenvalue weighted by atomic mass is 9.74. The molecule has 0 aliphatic carbocycles. The van der Waals surface area contributed by atoms with Crippen molar-refractivity contribution in [1.82, 2.24) is 5.32 Å². The molecule has 0 bridgehead atoms. The van der Waals surface area contributed by atoms with E-state index in [-0.39, 0.29) is 58.4 Å². The molecule has 0 spiro atoms. The van der Waals surface area contributed by atoms with E-state index in [1.165, 1.54) is 0 Å². The molecule has 96 heavy (non-hydrogen) atoms. The highest BCUT2D eigenvalue weighted by Gasteiger charge is 2.55. The highest BCUT2D eigenvalue weighted by Crippen LogP contribution is 2.43. The standard InChI is InChI=1S/C81H99NO14/c1-58-77(89-51-62-35-19-10-20-36-62)81(93-55-66-43-27-14-28-44-66)80(92-54-65-41-25-13-26-42-65)71(94-58)47-67-70(96-73(57-88-50-61-33-17-9-18-34-61)79(76(67)86)91-53-64-39-23-12-24-40-64)48-68-72(56-87-49-60-31-15-8-16-32-60)95-69(45-29-6-4-3-5-7-30-46-74(84)85)75(82-59(2)83)78(68)90-52-63-37-21-11-22-38-63/h8-28,31-44,58,67-73,75-81,86H,3-7,29-30,45-57H2,1-2H3,(H,82,83)(H,84,85)/t58-,67-,68+,69-,70-,71-,72+,73+,75-,76+,77+,78-,79-,80+,81+/m0/s1. The van der Waals surface area contributed by atoms with Crippen molar-refractivity contribution in [3.05, 3.63) is 251 Å². The molecule has 1 amide bonds. The Bertz CT molecular complexity index is 3270. The van der Waals surface area contributed by atoms with Crippen LogP contribution in [0, 0.1) is 11.8 Å². The smallest absolute Gasteiger partial charge is 0.303 e. The number of unbranched alkanes of at least 4 members (excludes halogenated alkanes) is 6. The fourth-order valence-electron chi connectivity index (χ4n) is 13.9. The molecule has 3 saturated heterocycles. The topological polar surface area (TPSA) is 179 Å². The van der Waals surface area contributed by atoms with Crippen LogP contribution in [-0.4, -0.2) is 115 Å². The Balaban J connectivity index is 1.04. The van der Waals surface area contributed by atoms with Gasteiger partial charge in [-0.3, -0.25) is 9.59 Å². The number of hydrogen-bond donors (Lipinski definition) is 3. The summed E-state index contributed by atoms with van der Waals surface area (Å²) >= 11 is 0. The molecule has 0 aromatic heterocycles. The minimum atomic E-state index is -1.15. The first-order valence-electron chi connectivity index (χ1n) is 34.8. The van der Waals surface area contributed by atoms with Gasteiger partial charge in [0.25, 0.3) is 0 Å². The first-order chi connectivity index (χ1) is 47.1. The number of ether oxygens (including phenoxy) is 10. The maximum Gasteiger partial charge on any atom is 0.303 e. The van der Waals surface area contributed by atoms with Gasteiger partial charge in [-0.25, -0.2) is 0 Å². The molecule has 0 saturated carbocycles. The summed E-state index contributed by atoms with van der Waals surface area (Å²) in [5, 5.41) is 26.3. The van der Waals surface area contributed by atoms with Crippen molar-refractivity contribution in [2.45, 2.75) is 210 Å². The third-order valence-corrected chi connectivity index (χ3v) is 18.8. The molecule has 7 aromatic rings. The fourth-order valence-corrected chi connectivity index (χ4v) is 13.9. The van der Waals surface area contributed by atoms with Crippen LogP contribution in [0.4, 0.5) is 0 Å². The van der Waals surface area contributed by atoms with Crippen LogP contribution >= 0.6 is 0 Å². The first-order valence-corrected chi connectivity index (χ1v) is 34.8. The molecule has 512 valence electrons. The van der Waals surface area contributed by atoms with Crippen molar-refractivity contribution in [2.24, 2.45) is 11.8 Å². The summed E-state index contributed by atoms with van der Waals surface area (Å²) < 4.78 is 71.5. The Kier molecular flexibility index (Phi) is 29.1. The Morgan fingerprint density at radius 2 is 0.750 bits per heavy atom. The van der Waals surface area contributed by atoms with Gasteiger partial charge < -0.3 is 62.9 Å². The highest BCUT2D eigenvalue weighted by molar-refractivity contribution is 5.73. The number of nitrogens with one attached hydrogen (secondary N) is 1. The summed E-state index contributed by atoms with van der Waals surface area (Å²) in [5.74, 6) is -2.15. The Labute approximate surface area is 568 Å². The van der Waals surface area contributed by atoms with Gasteiger partial charge in [0.1, 0.15) is 30.5 Å². The summed E-state index contributed by atoms with van der Waals surface area (Å²) in [6, 6.07) is 69.8. The van der Waals surface area contributed by atoms with Gasteiger partial charge in [0.15, 0.2) is 0 Å². The number of amides is 1. The number of carbonyl (C=O) groups is 2. The second kappa shape index (κ2) is 38.8. The minimum absolute atomic E-state index is 0.0991. The Morgan fingerprint density at radius 3 is 1.20 bits per heavy atom. The van der Waals surface area contributed by atoms with Crippen LogP contribution in [0.2, 0.25) is 0 Å². The van der Waals surface area contributed by atoms with Crippen molar-refractivity contribution in [1.29, 1.82) is 0 Å². The summed E-state index contributed by atoms with van der Waals surface area (Å²) in [5.41, 5.74) is 6.90. The summed E-state index contributed by atoms with van der Waals surface area (Å²) in [6.07, 6.45) is -0.700. The van der Waals surface area contributed by atoms with E-state index in [9.17, 15) is 19.8 Å². The number of carboxylic acids is 1. The number of carbonyl (C=O) groups excluding carboxylic acids is 1. The maximum atomic E-state index is 13.8. The Morgan fingerprint density at radius 1 is 0.385 bits per heavy atom. The average Bonchev–Trinajstić information content (AvgIpc) is 0.774. The predicted octanol–water partition coefficient (Wildman–Crippen LogP) is 14.1. The van der Waals surface area contributed by atoms with Gasteiger partial charge in [-0.1, -0.05) is 251 Å². The van der Waals surface area contributed by atoms with Gasteiger partial charge in [-0.2, -0.15) is 0 Å². The molecule has 3 N–H and O–H groups in total. The average molecular weight is 1310 g/mol. The molecule has 10 rings (SSSR count). The van der Waals surface area contributed by atoms with Crippen LogP contribution < -0.4 is 5.32 Å². The van der Waals surface area contributed by atoms with Gasteiger partial charge in [-0.05, 0) is 71.6 Å².